The predicted octanol–water partition coefficient (Wildman–Crippen LogP) is 0.922. The second-order valence-electron chi connectivity index (χ2n) is 2.62. The molecule has 70 valence electrons. The van der Waals surface area contributed by atoms with Crippen molar-refractivity contribution < 1.29 is 9.90 Å². The number of aliphatic carboxylic acids is 1. The van der Waals surface area contributed by atoms with Crippen molar-refractivity contribution in [1.82, 2.24) is 4.90 Å². The average Bonchev–Trinajstić information content (AvgIpc) is 1.95. The lowest BCUT2D eigenvalue weighted by Gasteiger charge is -2.06. The van der Waals surface area contributed by atoms with Gasteiger partial charge < -0.3 is 10.0 Å². The third kappa shape index (κ3) is 9.52. The summed E-state index contributed by atoms with van der Waals surface area (Å²) in [5.41, 5.74) is 0. The lowest BCUT2D eigenvalue weighted by Crippen LogP contribution is -2.14. The fourth-order valence-electron chi connectivity index (χ4n) is 0.547. The van der Waals surface area contributed by atoms with Gasteiger partial charge in [0.1, 0.15) is 0 Å². The first-order valence-corrected chi connectivity index (χ1v) is 4.90. The highest BCUT2D eigenvalue weighted by Gasteiger charge is 1.89. The van der Waals surface area contributed by atoms with E-state index in [1.807, 2.05) is 14.1 Å². The molecule has 0 fully saturated rings. The summed E-state index contributed by atoms with van der Waals surface area (Å²) in [4.78, 5) is 12.1. The molecule has 0 heterocycles. The molecule has 0 aliphatic heterocycles. The van der Waals surface area contributed by atoms with E-state index in [1.54, 1.807) is 17.8 Å². The van der Waals surface area contributed by atoms with Crippen LogP contribution in [0.25, 0.3) is 0 Å². The van der Waals surface area contributed by atoms with E-state index in [4.69, 9.17) is 5.11 Å². The Bertz CT molecular complexity index is 157. The van der Waals surface area contributed by atoms with Crippen LogP contribution in [0.2, 0.25) is 0 Å². The van der Waals surface area contributed by atoms with E-state index in [0.29, 0.717) is 0 Å². The van der Waals surface area contributed by atoms with Gasteiger partial charge in [-0.25, -0.2) is 4.79 Å². The summed E-state index contributed by atoms with van der Waals surface area (Å²) in [5.74, 6) is 0.945. The zero-order chi connectivity index (χ0) is 9.40. The van der Waals surface area contributed by atoms with Gasteiger partial charge in [0.2, 0.25) is 0 Å². The molecule has 0 bridgehead atoms. The normalized spacial score (nSPS) is 11.2. The van der Waals surface area contributed by atoms with Crippen LogP contribution < -0.4 is 0 Å². The maximum absolute atomic E-state index is 10.0. The van der Waals surface area contributed by atoms with Gasteiger partial charge in [-0.05, 0) is 14.1 Å². The summed E-state index contributed by atoms with van der Waals surface area (Å²) >= 11 is 1.73. The van der Waals surface area contributed by atoms with Crippen LogP contribution in [0.5, 0.6) is 0 Å². The molecule has 0 saturated carbocycles. The maximum Gasteiger partial charge on any atom is 0.328 e. The highest BCUT2D eigenvalue weighted by molar-refractivity contribution is 7.99. The number of carbonyl (C=O) groups is 1. The largest absolute Gasteiger partial charge is 0.478 e. The smallest absolute Gasteiger partial charge is 0.328 e. The van der Waals surface area contributed by atoms with Crippen LogP contribution in [0.15, 0.2) is 12.2 Å². The van der Waals surface area contributed by atoms with Gasteiger partial charge in [0.05, 0.1) is 0 Å². The molecule has 0 aromatic rings. The molecule has 0 atom stereocenters. The van der Waals surface area contributed by atoms with E-state index < -0.39 is 5.97 Å². The summed E-state index contributed by atoms with van der Waals surface area (Å²) in [6.07, 6.45) is 2.85. The highest BCUT2D eigenvalue weighted by atomic mass is 32.2. The Hall–Kier alpha value is -0.480. The molecule has 3 nitrogen and oxygen atoms in total. The van der Waals surface area contributed by atoms with Crippen molar-refractivity contribution in [2.75, 3.05) is 32.1 Å². The molecular formula is C8H15NO2S. The molecule has 0 aliphatic carbocycles. The van der Waals surface area contributed by atoms with Crippen LogP contribution in [-0.2, 0) is 4.79 Å². The number of carboxylic acid groups (broad SMARTS) is 1. The van der Waals surface area contributed by atoms with Crippen LogP contribution >= 0.6 is 11.8 Å². The SMILES string of the molecule is CN(C)CCSCC=CC(=O)O. The Kier molecular flexibility index (Phi) is 6.90. The topological polar surface area (TPSA) is 40.5 Å². The van der Waals surface area contributed by atoms with E-state index in [0.717, 1.165) is 18.1 Å². The molecular weight excluding hydrogens is 174 g/mol. The Morgan fingerprint density at radius 3 is 2.75 bits per heavy atom. The third-order valence-electron chi connectivity index (χ3n) is 1.16. The minimum absolute atomic E-state index is 0.778. The van der Waals surface area contributed by atoms with Gasteiger partial charge in [0, 0.05) is 24.1 Å². The number of rotatable bonds is 6. The Morgan fingerprint density at radius 2 is 2.25 bits per heavy atom. The Labute approximate surface area is 77.4 Å². The van der Waals surface area contributed by atoms with Gasteiger partial charge in [-0.1, -0.05) is 6.08 Å². The van der Waals surface area contributed by atoms with E-state index in [2.05, 4.69) is 4.90 Å². The van der Waals surface area contributed by atoms with Gasteiger partial charge in [-0.2, -0.15) is 11.8 Å². The summed E-state index contributed by atoms with van der Waals surface area (Å²) < 4.78 is 0. The quantitative estimate of drug-likeness (QED) is 0.498. The summed E-state index contributed by atoms with van der Waals surface area (Å²) in [5, 5.41) is 8.25. The van der Waals surface area contributed by atoms with Crippen molar-refractivity contribution in [3.63, 3.8) is 0 Å². The molecule has 0 aliphatic rings. The van der Waals surface area contributed by atoms with E-state index in [9.17, 15) is 4.79 Å². The first-order chi connectivity index (χ1) is 5.63. The number of nitrogens with zero attached hydrogens (tertiary/aromatic N) is 1. The summed E-state index contributed by atoms with van der Waals surface area (Å²) in [6.45, 7) is 1.03. The van der Waals surface area contributed by atoms with Crippen molar-refractivity contribution in [2.45, 2.75) is 0 Å². The van der Waals surface area contributed by atoms with Crippen molar-refractivity contribution in [3.8, 4) is 0 Å². The van der Waals surface area contributed by atoms with Crippen LogP contribution in [0, 0.1) is 0 Å². The first kappa shape index (κ1) is 11.5. The molecule has 4 heteroatoms. The van der Waals surface area contributed by atoms with Gasteiger partial charge in [-0.15, -0.1) is 0 Å². The number of thioether (sulfide) groups is 1. The van der Waals surface area contributed by atoms with E-state index in [1.165, 1.54) is 6.08 Å². The zero-order valence-electron chi connectivity index (χ0n) is 7.49. The van der Waals surface area contributed by atoms with E-state index >= 15 is 0 Å². The Morgan fingerprint density at radius 1 is 1.58 bits per heavy atom. The molecule has 1 N–H and O–H groups in total. The van der Waals surface area contributed by atoms with Gasteiger partial charge >= 0.3 is 5.97 Å². The second-order valence-corrected chi connectivity index (χ2v) is 3.77. The van der Waals surface area contributed by atoms with Crippen LogP contribution in [0.4, 0.5) is 0 Å². The minimum atomic E-state index is -0.872. The highest BCUT2D eigenvalue weighted by Crippen LogP contribution is 1.99. The third-order valence-corrected chi connectivity index (χ3v) is 2.06. The zero-order valence-corrected chi connectivity index (χ0v) is 8.30. The van der Waals surface area contributed by atoms with Crippen LogP contribution in [0.3, 0.4) is 0 Å². The van der Waals surface area contributed by atoms with Crippen molar-refractivity contribution in [1.29, 1.82) is 0 Å². The van der Waals surface area contributed by atoms with Crippen molar-refractivity contribution >= 4 is 17.7 Å². The molecule has 0 aromatic heterocycles. The molecule has 0 rings (SSSR count). The van der Waals surface area contributed by atoms with Crippen LogP contribution in [0.1, 0.15) is 0 Å². The molecule has 0 aromatic carbocycles. The number of carboxylic acids is 1. The van der Waals surface area contributed by atoms with Crippen molar-refractivity contribution in [3.05, 3.63) is 12.2 Å². The Balaban J connectivity index is 3.16. The lowest BCUT2D eigenvalue weighted by atomic mass is 10.5. The first-order valence-electron chi connectivity index (χ1n) is 3.75. The fraction of sp³-hybridized carbons (Fsp3) is 0.625. The fourth-order valence-corrected chi connectivity index (χ4v) is 1.44. The molecule has 0 spiro atoms. The predicted molar refractivity (Wildman–Crippen MR) is 52.7 cm³/mol. The van der Waals surface area contributed by atoms with Gasteiger partial charge in [-0.3, -0.25) is 0 Å². The molecule has 0 radical (unpaired) electrons. The maximum atomic E-state index is 10.0. The molecule has 0 amide bonds. The molecule has 0 saturated heterocycles. The lowest BCUT2D eigenvalue weighted by molar-refractivity contribution is -0.131. The van der Waals surface area contributed by atoms with Gasteiger partial charge in [0.15, 0.2) is 0 Å². The molecule has 0 unspecified atom stereocenters. The summed E-state index contributed by atoms with van der Waals surface area (Å²) in [7, 11) is 4.04. The number of hydrogen-bond donors (Lipinski definition) is 1. The summed E-state index contributed by atoms with van der Waals surface area (Å²) in [6, 6.07) is 0. The second kappa shape index (κ2) is 7.18. The van der Waals surface area contributed by atoms with Crippen molar-refractivity contribution in [2.24, 2.45) is 0 Å². The molecule has 12 heavy (non-hydrogen) atoms. The minimum Gasteiger partial charge on any atom is -0.478 e. The monoisotopic (exact) mass is 189 g/mol. The van der Waals surface area contributed by atoms with E-state index in [-0.39, 0.29) is 0 Å². The van der Waals surface area contributed by atoms with Crippen LogP contribution in [-0.4, -0.2) is 48.1 Å². The number of hydrogen-bond acceptors (Lipinski definition) is 3. The van der Waals surface area contributed by atoms with Gasteiger partial charge in [0.25, 0.3) is 0 Å². The average molecular weight is 189 g/mol. The standard InChI is InChI=1S/C8H15NO2S/c1-9(2)5-7-12-6-3-4-8(10)11/h3-4H,5-7H2,1-2H3,(H,10,11).